The Labute approximate surface area is 176 Å². The minimum atomic E-state index is -0.0566. The number of ether oxygens (including phenoxy) is 2. The molecule has 4 heterocycles. The van der Waals surface area contributed by atoms with Crippen molar-refractivity contribution in [3.8, 4) is 17.0 Å². The van der Waals surface area contributed by atoms with Crippen molar-refractivity contribution in [1.82, 2.24) is 20.5 Å². The fourth-order valence-corrected chi connectivity index (χ4v) is 4.24. The molecule has 1 aromatic carbocycles. The van der Waals surface area contributed by atoms with Gasteiger partial charge >= 0.3 is 0 Å². The van der Waals surface area contributed by atoms with E-state index < -0.39 is 0 Å². The lowest BCUT2D eigenvalue weighted by Gasteiger charge is -2.49. The molecule has 158 valence electrons. The van der Waals surface area contributed by atoms with E-state index in [2.05, 4.69) is 44.5 Å². The number of nitrogens with one attached hydrogen (secondary N) is 2. The lowest BCUT2D eigenvalue weighted by atomic mass is 9.94. The van der Waals surface area contributed by atoms with E-state index in [9.17, 15) is 0 Å². The average molecular weight is 408 g/mol. The molecule has 5 rings (SSSR count). The molecule has 2 fully saturated rings. The average Bonchev–Trinajstić information content (AvgIpc) is 3.19. The topological polar surface area (TPSA) is 75.3 Å². The lowest BCUT2D eigenvalue weighted by molar-refractivity contribution is -0.0883. The molecule has 2 aliphatic rings. The standard InChI is InChI=1S/C23H29N5O2/c1-2-3-4-10-29-18-5-6-20-19(13-18)22(27-26-20)17-7-8-25-21(12-17)28-9-11-30-23(16-28)14-24-15-23/h5-8,12-13,24H,2-4,9-11,14-16H2,1H3,(H,26,27). The van der Waals surface area contributed by atoms with Crippen molar-refractivity contribution < 1.29 is 9.47 Å². The first-order chi connectivity index (χ1) is 14.8. The van der Waals surface area contributed by atoms with E-state index in [1.807, 2.05) is 24.4 Å². The summed E-state index contributed by atoms with van der Waals surface area (Å²) < 4.78 is 12.0. The van der Waals surface area contributed by atoms with Crippen LogP contribution in [0.2, 0.25) is 0 Å². The molecule has 2 saturated heterocycles. The van der Waals surface area contributed by atoms with Crippen LogP contribution in [0, 0.1) is 0 Å². The summed E-state index contributed by atoms with van der Waals surface area (Å²) in [5.74, 6) is 1.87. The predicted octanol–water partition coefficient (Wildman–Crippen LogP) is 3.37. The van der Waals surface area contributed by atoms with Gasteiger partial charge in [-0.25, -0.2) is 4.98 Å². The molecular formula is C23H29N5O2. The summed E-state index contributed by atoms with van der Waals surface area (Å²) in [7, 11) is 0. The molecule has 2 N–H and O–H groups in total. The van der Waals surface area contributed by atoms with Gasteiger partial charge in [0, 0.05) is 36.8 Å². The third kappa shape index (κ3) is 3.75. The molecule has 1 spiro atoms. The molecule has 0 radical (unpaired) electrons. The number of unbranched alkanes of at least 4 members (excludes halogenated alkanes) is 2. The number of H-pyrrole nitrogens is 1. The fourth-order valence-electron chi connectivity index (χ4n) is 4.24. The van der Waals surface area contributed by atoms with Crippen molar-refractivity contribution >= 4 is 16.7 Å². The summed E-state index contributed by atoms with van der Waals surface area (Å²) in [6.07, 6.45) is 5.34. The van der Waals surface area contributed by atoms with Crippen LogP contribution in [0.15, 0.2) is 36.5 Å². The first-order valence-electron chi connectivity index (χ1n) is 10.9. The number of benzene rings is 1. The molecule has 7 heteroatoms. The maximum absolute atomic E-state index is 6.01. The van der Waals surface area contributed by atoms with E-state index in [1.165, 1.54) is 12.8 Å². The highest BCUT2D eigenvalue weighted by Crippen LogP contribution is 2.32. The number of morpholine rings is 1. The predicted molar refractivity (Wildman–Crippen MR) is 118 cm³/mol. The molecule has 0 saturated carbocycles. The molecule has 0 unspecified atom stereocenters. The van der Waals surface area contributed by atoms with E-state index in [4.69, 9.17) is 9.47 Å². The molecule has 0 amide bonds. The first-order valence-corrected chi connectivity index (χ1v) is 10.9. The smallest absolute Gasteiger partial charge is 0.129 e. The van der Waals surface area contributed by atoms with E-state index in [-0.39, 0.29) is 5.60 Å². The van der Waals surface area contributed by atoms with E-state index >= 15 is 0 Å². The number of hydrogen-bond donors (Lipinski definition) is 2. The number of pyridine rings is 1. The van der Waals surface area contributed by atoms with Gasteiger partial charge in [0.15, 0.2) is 0 Å². The number of nitrogens with zero attached hydrogens (tertiary/aromatic N) is 3. The monoisotopic (exact) mass is 407 g/mol. The normalized spacial score (nSPS) is 18.0. The van der Waals surface area contributed by atoms with Gasteiger partial charge in [-0.1, -0.05) is 19.8 Å². The van der Waals surface area contributed by atoms with E-state index in [0.717, 1.165) is 79.5 Å². The second-order valence-corrected chi connectivity index (χ2v) is 8.29. The van der Waals surface area contributed by atoms with Crippen LogP contribution in [0.25, 0.3) is 22.2 Å². The number of aromatic amines is 1. The molecule has 7 nitrogen and oxygen atoms in total. The Kier molecular flexibility index (Phi) is 5.31. The van der Waals surface area contributed by atoms with Gasteiger partial charge in [0.1, 0.15) is 22.9 Å². The van der Waals surface area contributed by atoms with Crippen LogP contribution < -0.4 is 15.0 Å². The zero-order chi connectivity index (χ0) is 20.4. The largest absolute Gasteiger partial charge is 0.494 e. The first kappa shape index (κ1) is 19.3. The number of rotatable bonds is 7. The Morgan fingerprint density at radius 2 is 2.13 bits per heavy atom. The Morgan fingerprint density at radius 1 is 1.20 bits per heavy atom. The van der Waals surface area contributed by atoms with Crippen LogP contribution in [0.1, 0.15) is 26.2 Å². The van der Waals surface area contributed by atoms with Crippen molar-refractivity contribution in [3.05, 3.63) is 36.5 Å². The van der Waals surface area contributed by atoms with Gasteiger partial charge in [0.05, 0.1) is 25.3 Å². The molecule has 2 aliphatic heterocycles. The van der Waals surface area contributed by atoms with Gasteiger partial charge in [-0.3, -0.25) is 5.10 Å². The minimum absolute atomic E-state index is 0.0566. The van der Waals surface area contributed by atoms with Crippen molar-refractivity contribution in [2.24, 2.45) is 0 Å². The van der Waals surface area contributed by atoms with Crippen LogP contribution in [-0.2, 0) is 4.74 Å². The highest BCUT2D eigenvalue weighted by molar-refractivity contribution is 5.94. The van der Waals surface area contributed by atoms with Gasteiger partial charge in [0.25, 0.3) is 0 Å². The Hall–Kier alpha value is -2.64. The van der Waals surface area contributed by atoms with Gasteiger partial charge in [-0.15, -0.1) is 0 Å². The fraction of sp³-hybridized carbons (Fsp3) is 0.478. The number of hydrogen-bond acceptors (Lipinski definition) is 6. The minimum Gasteiger partial charge on any atom is -0.494 e. The highest BCUT2D eigenvalue weighted by atomic mass is 16.5. The van der Waals surface area contributed by atoms with Crippen LogP contribution in [0.3, 0.4) is 0 Å². The van der Waals surface area contributed by atoms with Crippen LogP contribution >= 0.6 is 0 Å². The zero-order valence-electron chi connectivity index (χ0n) is 17.5. The van der Waals surface area contributed by atoms with E-state index in [0.29, 0.717) is 0 Å². The SMILES string of the molecule is CCCCCOc1ccc2[nH]nc(-c3ccnc(N4CCOC5(CNC5)C4)c3)c2c1. The third-order valence-electron chi connectivity index (χ3n) is 6.04. The molecule has 0 bridgehead atoms. The highest BCUT2D eigenvalue weighted by Gasteiger charge is 2.42. The summed E-state index contributed by atoms with van der Waals surface area (Å²) >= 11 is 0. The molecule has 0 atom stereocenters. The van der Waals surface area contributed by atoms with E-state index in [1.54, 1.807) is 0 Å². The zero-order valence-corrected chi connectivity index (χ0v) is 17.5. The van der Waals surface area contributed by atoms with Crippen LogP contribution in [0.4, 0.5) is 5.82 Å². The van der Waals surface area contributed by atoms with Gasteiger partial charge < -0.3 is 19.7 Å². The molecule has 0 aliphatic carbocycles. The maximum atomic E-state index is 6.01. The number of aromatic nitrogens is 3. The maximum Gasteiger partial charge on any atom is 0.129 e. The van der Waals surface area contributed by atoms with Crippen molar-refractivity contribution in [1.29, 1.82) is 0 Å². The second-order valence-electron chi connectivity index (χ2n) is 8.29. The second kappa shape index (κ2) is 8.24. The molecule has 30 heavy (non-hydrogen) atoms. The molecule has 3 aromatic rings. The van der Waals surface area contributed by atoms with Crippen molar-refractivity contribution in [2.45, 2.75) is 31.8 Å². The summed E-state index contributed by atoms with van der Waals surface area (Å²) in [5, 5.41) is 12.1. The van der Waals surface area contributed by atoms with Gasteiger partial charge in [0.2, 0.25) is 0 Å². The van der Waals surface area contributed by atoms with Crippen LogP contribution in [-0.4, -0.2) is 60.2 Å². The summed E-state index contributed by atoms with van der Waals surface area (Å²) in [6, 6.07) is 10.3. The molecular weight excluding hydrogens is 378 g/mol. The number of fused-ring (bicyclic) bond motifs is 1. The Morgan fingerprint density at radius 3 is 2.97 bits per heavy atom. The summed E-state index contributed by atoms with van der Waals surface area (Å²) in [5.41, 5.74) is 2.94. The number of anilines is 1. The third-order valence-corrected chi connectivity index (χ3v) is 6.04. The molecule has 2 aromatic heterocycles. The van der Waals surface area contributed by atoms with Crippen molar-refractivity contribution in [3.63, 3.8) is 0 Å². The van der Waals surface area contributed by atoms with Gasteiger partial charge in [-0.2, -0.15) is 5.10 Å². The summed E-state index contributed by atoms with van der Waals surface area (Å²) in [6.45, 7) is 7.23. The lowest BCUT2D eigenvalue weighted by Crippen LogP contribution is -2.69. The Bertz CT molecular complexity index is 1010. The van der Waals surface area contributed by atoms with Crippen LogP contribution in [0.5, 0.6) is 5.75 Å². The van der Waals surface area contributed by atoms with Gasteiger partial charge in [-0.05, 0) is 36.8 Å². The summed E-state index contributed by atoms with van der Waals surface area (Å²) in [4.78, 5) is 6.96. The van der Waals surface area contributed by atoms with Crippen molar-refractivity contribution in [2.75, 3.05) is 44.3 Å². The Balaban J connectivity index is 1.39. The quantitative estimate of drug-likeness (QED) is 0.585.